The summed E-state index contributed by atoms with van der Waals surface area (Å²) in [6, 6.07) is 16.0. The van der Waals surface area contributed by atoms with Crippen LogP contribution in [-0.4, -0.2) is 46.4 Å². The van der Waals surface area contributed by atoms with Gasteiger partial charge in [-0.15, -0.1) is 0 Å². The van der Waals surface area contributed by atoms with Crippen LogP contribution >= 0.6 is 0 Å². The fraction of sp³-hybridized carbons (Fsp3) is 0.381. The lowest BCUT2D eigenvalue weighted by atomic mass is 10.2. The molecule has 0 spiro atoms. The predicted molar refractivity (Wildman–Crippen MR) is 111 cm³/mol. The van der Waals surface area contributed by atoms with Crippen LogP contribution < -0.4 is 14.4 Å². The van der Waals surface area contributed by atoms with Crippen molar-refractivity contribution in [2.45, 2.75) is 25.5 Å². The van der Waals surface area contributed by atoms with Crippen LogP contribution in [0.2, 0.25) is 0 Å². The number of anilines is 1. The molecule has 0 saturated carbocycles. The number of rotatable bonds is 9. The molecule has 1 fully saturated rings. The third-order valence-corrected chi connectivity index (χ3v) is 5.76. The standard InChI is InChI=1S/C21H26N2O5S/c1-29(25,26)23(15-17-6-3-2-4-7-17)18-9-11-19(12-10-18)28-16-21(24)22-14-20-8-5-13-27-20/h2-4,6-7,9-12,20H,5,8,13-16H2,1H3,(H,22,24). The normalized spacial score (nSPS) is 16.4. The number of nitrogens with one attached hydrogen (secondary N) is 1. The molecule has 1 amide bonds. The fourth-order valence-corrected chi connectivity index (χ4v) is 3.98. The SMILES string of the molecule is CS(=O)(=O)N(Cc1ccccc1)c1ccc(OCC(=O)NCC2CCCO2)cc1. The van der Waals surface area contributed by atoms with Crippen LogP contribution in [0.3, 0.4) is 0 Å². The molecular weight excluding hydrogens is 392 g/mol. The molecule has 29 heavy (non-hydrogen) atoms. The Morgan fingerprint density at radius 1 is 1.17 bits per heavy atom. The first-order valence-electron chi connectivity index (χ1n) is 9.54. The van der Waals surface area contributed by atoms with Crippen LogP contribution in [0, 0.1) is 0 Å². The van der Waals surface area contributed by atoms with Gasteiger partial charge in [0, 0.05) is 13.2 Å². The van der Waals surface area contributed by atoms with Crippen molar-refractivity contribution in [3.63, 3.8) is 0 Å². The Morgan fingerprint density at radius 3 is 2.52 bits per heavy atom. The molecule has 1 N–H and O–H groups in total. The molecule has 156 valence electrons. The van der Waals surface area contributed by atoms with Crippen molar-refractivity contribution in [3.8, 4) is 5.75 Å². The number of nitrogens with zero attached hydrogens (tertiary/aromatic N) is 1. The molecule has 1 atom stereocenters. The predicted octanol–water partition coefficient (Wildman–Crippen LogP) is 2.33. The van der Waals surface area contributed by atoms with Gasteiger partial charge in [-0.05, 0) is 42.7 Å². The largest absolute Gasteiger partial charge is 0.484 e. The van der Waals surface area contributed by atoms with Crippen molar-refractivity contribution < 1.29 is 22.7 Å². The van der Waals surface area contributed by atoms with E-state index >= 15 is 0 Å². The van der Waals surface area contributed by atoms with Gasteiger partial charge in [-0.25, -0.2) is 8.42 Å². The topological polar surface area (TPSA) is 84.9 Å². The fourth-order valence-electron chi connectivity index (χ4n) is 3.09. The molecule has 1 saturated heterocycles. The Bertz CT molecular complexity index is 894. The summed E-state index contributed by atoms with van der Waals surface area (Å²) in [5.74, 6) is 0.278. The summed E-state index contributed by atoms with van der Waals surface area (Å²) in [5.41, 5.74) is 1.42. The maximum atomic E-state index is 12.2. The van der Waals surface area contributed by atoms with E-state index in [0.717, 1.165) is 25.0 Å². The summed E-state index contributed by atoms with van der Waals surface area (Å²) >= 11 is 0. The van der Waals surface area contributed by atoms with Gasteiger partial charge in [-0.1, -0.05) is 30.3 Å². The molecule has 1 aliphatic heterocycles. The average molecular weight is 419 g/mol. The van der Waals surface area contributed by atoms with E-state index in [1.807, 2.05) is 30.3 Å². The van der Waals surface area contributed by atoms with Gasteiger partial charge in [0.1, 0.15) is 5.75 Å². The van der Waals surface area contributed by atoms with Gasteiger partial charge in [-0.3, -0.25) is 9.10 Å². The minimum absolute atomic E-state index is 0.0878. The van der Waals surface area contributed by atoms with Crippen LogP contribution in [-0.2, 0) is 26.1 Å². The van der Waals surface area contributed by atoms with Crippen molar-refractivity contribution in [1.82, 2.24) is 5.32 Å². The maximum Gasteiger partial charge on any atom is 0.258 e. The molecule has 3 rings (SSSR count). The Labute approximate surface area is 171 Å². The van der Waals surface area contributed by atoms with Gasteiger partial charge in [-0.2, -0.15) is 0 Å². The van der Waals surface area contributed by atoms with Crippen LogP contribution in [0.15, 0.2) is 54.6 Å². The Kier molecular flexibility index (Phi) is 7.11. The minimum Gasteiger partial charge on any atom is -0.484 e. The molecule has 1 unspecified atom stereocenters. The van der Waals surface area contributed by atoms with Crippen molar-refractivity contribution in [3.05, 3.63) is 60.2 Å². The second-order valence-corrected chi connectivity index (χ2v) is 8.88. The highest BCUT2D eigenvalue weighted by molar-refractivity contribution is 7.92. The molecule has 0 aliphatic carbocycles. The third-order valence-electron chi connectivity index (χ3n) is 4.61. The lowest BCUT2D eigenvalue weighted by Gasteiger charge is -2.22. The lowest BCUT2D eigenvalue weighted by Crippen LogP contribution is -2.35. The number of benzene rings is 2. The smallest absolute Gasteiger partial charge is 0.258 e. The van der Waals surface area contributed by atoms with E-state index in [-0.39, 0.29) is 25.2 Å². The van der Waals surface area contributed by atoms with Gasteiger partial charge < -0.3 is 14.8 Å². The van der Waals surface area contributed by atoms with Crippen LogP contribution in [0.4, 0.5) is 5.69 Å². The van der Waals surface area contributed by atoms with Crippen LogP contribution in [0.1, 0.15) is 18.4 Å². The molecule has 1 heterocycles. The number of carbonyl (C=O) groups is 1. The van der Waals surface area contributed by atoms with Crippen molar-refractivity contribution in [1.29, 1.82) is 0 Å². The number of amides is 1. The first-order valence-corrected chi connectivity index (χ1v) is 11.4. The molecule has 1 aliphatic rings. The quantitative estimate of drug-likeness (QED) is 0.676. The number of hydrogen-bond donors (Lipinski definition) is 1. The first kappa shape index (κ1) is 21.1. The number of hydrogen-bond acceptors (Lipinski definition) is 5. The summed E-state index contributed by atoms with van der Waals surface area (Å²) in [6.07, 6.45) is 3.25. The highest BCUT2D eigenvalue weighted by Crippen LogP contribution is 2.23. The molecule has 2 aromatic rings. The molecular formula is C21H26N2O5S. The van der Waals surface area contributed by atoms with Gasteiger partial charge in [0.15, 0.2) is 6.61 Å². The van der Waals surface area contributed by atoms with E-state index in [2.05, 4.69) is 5.32 Å². The Balaban J connectivity index is 1.56. The zero-order valence-electron chi connectivity index (χ0n) is 16.4. The molecule has 0 bridgehead atoms. The van der Waals surface area contributed by atoms with Crippen molar-refractivity contribution in [2.24, 2.45) is 0 Å². The molecule has 8 heteroatoms. The number of sulfonamides is 1. The van der Waals surface area contributed by atoms with E-state index in [4.69, 9.17) is 9.47 Å². The maximum absolute atomic E-state index is 12.2. The molecule has 0 aromatic heterocycles. The Hall–Kier alpha value is -2.58. The number of ether oxygens (including phenoxy) is 2. The van der Waals surface area contributed by atoms with Gasteiger partial charge in [0.05, 0.1) is 24.6 Å². The average Bonchev–Trinajstić information content (AvgIpc) is 3.23. The Morgan fingerprint density at radius 2 is 1.90 bits per heavy atom. The molecule has 0 radical (unpaired) electrons. The summed E-state index contributed by atoms with van der Waals surface area (Å²) in [4.78, 5) is 11.9. The number of carbonyl (C=O) groups excluding carboxylic acids is 1. The molecule has 2 aromatic carbocycles. The third kappa shape index (κ3) is 6.47. The summed E-state index contributed by atoms with van der Waals surface area (Å²) < 4.78 is 36.8. The zero-order valence-corrected chi connectivity index (χ0v) is 17.2. The van der Waals surface area contributed by atoms with Gasteiger partial charge >= 0.3 is 0 Å². The minimum atomic E-state index is -3.45. The van der Waals surface area contributed by atoms with E-state index in [0.29, 0.717) is 18.0 Å². The van der Waals surface area contributed by atoms with Crippen molar-refractivity contribution in [2.75, 3.05) is 30.3 Å². The highest BCUT2D eigenvalue weighted by atomic mass is 32.2. The summed E-state index contributed by atoms with van der Waals surface area (Å²) in [6.45, 7) is 1.37. The first-order chi connectivity index (χ1) is 13.9. The van der Waals surface area contributed by atoms with Gasteiger partial charge in [0.2, 0.25) is 10.0 Å². The second kappa shape index (κ2) is 9.76. The van der Waals surface area contributed by atoms with Crippen LogP contribution in [0.25, 0.3) is 0 Å². The van der Waals surface area contributed by atoms with E-state index < -0.39 is 10.0 Å². The summed E-state index contributed by atoms with van der Waals surface area (Å²) in [5, 5.41) is 2.80. The summed E-state index contributed by atoms with van der Waals surface area (Å²) in [7, 11) is -3.45. The molecule has 7 nitrogen and oxygen atoms in total. The van der Waals surface area contributed by atoms with E-state index in [1.54, 1.807) is 24.3 Å². The van der Waals surface area contributed by atoms with E-state index in [9.17, 15) is 13.2 Å². The zero-order chi connectivity index (χ0) is 20.7. The van der Waals surface area contributed by atoms with Crippen molar-refractivity contribution >= 4 is 21.6 Å². The van der Waals surface area contributed by atoms with E-state index in [1.165, 1.54) is 10.6 Å². The second-order valence-electron chi connectivity index (χ2n) is 6.98. The monoisotopic (exact) mass is 418 g/mol. The van der Waals surface area contributed by atoms with Gasteiger partial charge in [0.25, 0.3) is 5.91 Å². The lowest BCUT2D eigenvalue weighted by molar-refractivity contribution is -0.123. The highest BCUT2D eigenvalue weighted by Gasteiger charge is 2.18. The van der Waals surface area contributed by atoms with Crippen LogP contribution in [0.5, 0.6) is 5.75 Å².